The van der Waals surface area contributed by atoms with Gasteiger partial charge in [0.1, 0.15) is 23.5 Å². The Morgan fingerprint density at radius 2 is 2.03 bits per heavy atom. The summed E-state index contributed by atoms with van der Waals surface area (Å²) in [6.07, 6.45) is 7.61. The van der Waals surface area contributed by atoms with Crippen molar-refractivity contribution in [3.8, 4) is 11.4 Å². The summed E-state index contributed by atoms with van der Waals surface area (Å²) in [5, 5.41) is 0. The van der Waals surface area contributed by atoms with Crippen LogP contribution in [-0.2, 0) is 22.5 Å². The summed E-state index contributed by atoms with van der Waals surface area (Å²) in [6, 6.07) is 0.226. The average molecular weight is 422 g/mol. The van der Waals surface area contributed by atoms with E-state index in [9.17, 15) is 4.79 Å². The van der Waals surface area contributed by atoms with E-state index in [1.807, 2.05) is 16.4 Å². The molecule has 2 aliphatic rings. The summed E-state index contributed by atoms with van der Waals surface area (Å²) in [6.45, 7) is 8.06. The minimum atomic E-state index is -0.129. The maximum Gasteiger partial charge on any atom is 0.226 e. The Balaban J connectivity index is 1.48. The highest BCUT2D eigenvalue weighted by atomic mass is 16.5. The van der Waals surface area contributed by atoms with E-state index in [1.54, 1.807) is 18.7 Å². The number of rotatable bonds is 6. The molecule has 2 fully saturated rings. The van der Waals surface area contributed by atoms with E-state index in [2.05, 4.69) is 33.8 Å². The number of aromatic nitrogens is 6. The van der Waals surface area contributed by atoms with Crippen LogP contribution < -0.4 is 0 Å². The largest absolute Gasteiger partial charge is 0.374 e. The third-order valence-electron chi connectivity index (χ3n) is 6.43. The predicted molar refractivity (Wildman–Crippen MR) is 114 cm³/mol. The number of hydrogen-bond donors (Lipinski definition) is 0. The van der Waals surface area contributed by atoms with Crippen LogP contribution >= 0.6 is 0 Å². The average Bonchev–Trinajstić information content (AvgIpc) is 3.51. The van der Waals surface area contributed by atoms with Crippen LogP contribution in [0.15, 0.2) is 18.7 Å². The number of morpholine rings is 1. The van der Waals surface area contributed by atoms with Crippen LogP contribution in [0.3, 0.4) is 0 Å². The molecule has 162 valence electrons. The van der Waals surface area contributed by atoms with Gasteiger partial charge in [0.2, 0.25) is 5.91 Å². The number of carbonyl (C=O) groups is 1. The summed E-state index contributed by atoms with van der Waals surface area (Å²) >= 11 is 0. The zero-order chi connectivity index (χ0) is 21.5. The van der Waals surface area contributed by atoms with Gasteiger partial charge in [-0.25, -0.2) is 24.9 Å². The lowest BCUT2D eigenvalue weighted by Crippen LogP contribution is -2.44. The number of imidazole rings is 1. The van der Waals surface area contributed by atoms with Gasteiger partial charge >= 0.3 is 0 Å². The first kappa shape index (κ1) is 20.0. The first-order chi connectivity index (χ1) is 15.1. The molecule has 9 heteroatoms. The second-order valence-electron chi connectivity index (χ2n) is 8.34. The van der Waals surface area contributed by atoms with Crippen LogP contribution in [0, 0.1) is 12.8 Å². The van der Waals surface area contributed by atoms with E-state index >= 15 is 0 Å². The summed E-state index contributed by atoms with van der Waals surface area (Å²) in [5.41, 5.74) is 3.18. The number of likely N-dealkylation sites (tertiary alicyclic amines) is 1. The van der Waals surface area contributed by atoms with Crippen LogP contribution in [0.1, 0.15) is 38.2 Å². The highest BCUT2D eigenvalue weighted by molar-refractivity contribution is 5.82. The molecule has 2 aliphatic heterocycles. The fourth-order valence-electron chi connectivity index (χ4n) is 4.70. The molecule has 2 saturated heterocycles. The van der Waals surface area contributed by atoms with Crippen LogP contribution in [0.2, 0.25) is 0 Å². The van der Waals surface area contributed by atoms with Crippen molar-refractivity contribution in [2.45, 2.75) is 58.7 Å². The first-order valence-corrected chi connectivity index (χ1v) is 11.0. The summed E-state index contributed by atoms with van der Waals surface area (Å²) in [4.78, 5) is 37.8. The monoisotopic (exact) mass is 421 g/mol. The molecule has 5 rings (SSSR count). The molecule has 3 atom stereocenters. The predicted octanol–water partition coefficient (Wildman–Crippen LogP) is 2.18. The highest BCUT2D eigenvalue weighted by Crippen LogP contribution is 2.31. The van der Waals surface area contributed by atoms with Gasteiger partial charge in [-0.05, 0) is 26.7 Å². The van der Waals surface area contributed by atoms with E-state index in [0.717, 1.165) is 41.1 Å². The van der Waals surface area contributed by atoms with Gasteiger partial charge in [0.05, 0.1) is 30.0 Å². The third kappa shape index (κ3) is 3.46. The van der Waals surface area contributed by atoms with Crippen molar-refractivity contribution >= 4 is 17.1 Å². The standard InChI is InChI=1S/C22H27N7O2/c1-4-14(22(30)29-10-17-7-16(29)11-31-17)6-18-19-21(26-12-25-18)28(5-2)20(27-19)15-8-23-13(3)24-9-15/h8-9,12,14,16-17H,4-7,10-11H2,1-3H3/t14-,16+,17+/m1/s1. The number of carbonyl (C=O) groups excluding carboxylic acids is 1. The van der Waals surface area contributed by atoms with Gasteiger partial charge < -0.3 is 14.2 Å². The zero-order valence-electron chi connectivity index (χ0n) is 18.2. The van der Waals surface area contributed by atoms with E-state index < -0.39 is 0 Å². The van der Waals surface area contributed by atoms with Crippen LogP contribution in [-0.4, -0.2) is 65.6 Å². The normalized spacial score (nSPS) is 21.2. The third-order valence-corrected chi connectivity index (χ3v) is 6.43. The smallest absolute Gasteiger partial charge is 0.226 e. The van der Waals surface area contributed by atoms with Crippen molar-refractivity contribution in [2.75, 3.05) is 13.2 Å². The van der Waals surface area contributed by atoms with Gasteiger partial charge in [0.15, 0.2) is 5.65 Å². The van der Waals surface area contributed by atoms with Gasteiger partial charge in [0.25, 0.3) is 0 Å². The molecular formula is C22H27N7O2. The van der Waals surface area contributed by atoms with E-state index in [4.69, 9.17) is 9.72 Å². The lowest BCUT2D eigenvalue weighted by Gasteiger charge is -2.30. The Bertz CT molecular complexity index is 1110. The van der Waals surface area contributed by atoms with Crippen molar-refractivity contribution in [3.05, 3.63) is 30.2 Å². The maximum atomic E-state index is 13.3. The zero-order valence-corrected chi connectivity index (χ0v) is 18.2. The molecule has 0 saturated carbocycles. The SMILES string of the molecule is CC[C@H](Cc1ncnc2c1nc(-c1cnc(C)nc1)n2CC)C(=O)N1C[C@@H]2C[C@H]1CO2. The lowest BCUT2D eigenvalue weighted by atomic mass is 9.97. The minimum Gasteiger partial charge on any atom is -0.374 e. The number of nitrogens with zero attached hydrogens (tertiary/aromatic N) is 7. The number of ether oxygens (including phenoxy) is 1. The minimum absolute atomic E-state index is 0.129. The van der Waals surface area contributed by atoms with E-state index in [-0.39, 0.29) is 24.0 Å². The van der Waals surface area contributed by atoms with Gasteiger partial charge in [-0.3, -0.25) is 4.79 Å². The molecule has 0 aromatic carbocycles. The number of aryl methyl sites for hydroxylation is 2. The molecule has 0 N–H and O–H groups in total. The molecule has 9 nitrogen and oxygen atoms in total. The lowest BCUT2D eigenvalue weighted by molar-refractivity contribution is -0.140. The topological polar surface area (TPSA) is 98.9 Å². The summed E-state index contributed by atoms with van der Waals surface area (Å²) in [7, 11) is 0. The molecule has 3 aromatic rings. The Kier molecular flexibility index (Phi) is 5.13. The Labute approximate surface area is 180 Å². The van der Waals surface area contributed by atoms with Crippen molar-refractivity contribution < 1.29 is 9.53 Å². The Morgan fingerprint density at radius 3 is 2.68 bits per heavy atom. The molecule has 31 heavy (non-hydrogen) atoms. The summed E-state index contributed by atoms with van der Waals surface area (Å²) < 4.78 is 7.71. The van der Waals surface area contributed by atoms with Gasteiger partial charge in [0, 0.05) is 37.8 Å². The molecule has 0 unspecified atom stereocenters. The Hall–Kier alpha value is -2.94. The fraction of sp³-hybridized carbons (Fsp3) is 0.545. The van der Waals surface area contributed by atoms with Gasteiger partial charge in [-0.2, -0.15) is 0 Å². The Morgan fingerprint density at radius 1 is 1.23 bits per heavy atom. The molecule has 1 amide bonds. The van der Waals surface area contributed by atoms with E-state index in [0.29, 0.717) is 31.9 Å². The van der Waals surface area contributed by atoms with Crippen molar-refractivity contribution in [3.63, 3.8) is 0 Å². The van der Waals surface area contributed by atoms with Crippen molar-refractivity contribution in [1.29, 1.82) is 0 Å². The molecule has 0 spiro atoms. The van der Waals surface area contributed by atoms with E-state index in [1.165, 1.54) is 0 Å². The summed E-state index contributed by atoms with van der Waals surface area (Å²) in [5.74, 6) is 1.56. The second-order valence-corrected chi connectivity index (χ2v) is 8.34. The molecule has 2 bridgehead atoms. The van der Waals surface area contributed by atoms with Crippen molar-refractivity contribution in [1.82, 2.24) is 34.4 Å². The number of fused-ring (bicyclic) bond motifs is 3. The first-order valence-electron chi connectivity index (χ1n) is 11.0. The van der Waals surface area contributed by atoms with Crippen LogP contribution in [0.4, 0.5) is 0 Å². The van der Waals surface area contributed by atoms with Gasteiger partial charge in [-0.1, -0.05) is 6.92 Å². The quantitative estimate of drug-likeness (QED) is 0.601. The van der Waals surface area contributed by atoms with Gasteiger partial charge in [-0.15, -0.1) is 0 Å². The van der Waals surface area contributed by atoms with Crippen molar-refractivity contribution in [2.24, 2.45) is 5.92 Å². The molecule has 5 heterocycles. The van der Waals surface area contributed by atoms with Crippen LogP contribution in [0.25, 0.3) is 22.6 Å². The fourth-order valence-corrected chi connectivity index (χ4v) is 4.70. The number of amides is 1. The number of hydrogen-bond acceptors (Lipinski definition) is 7. The molecule has 3 aromatic heterocycles. The second kappa shape index (κ2) is 7.96. The molecule has 0 aliphatic carbocycles. The maximum absolute atomic E-state index is 13.3. The molecular weight excluding hydrogens is 394 g/mol. The van der Waals surface area contributed by atoms with Crippen LogP contribution in [0.5, 0.6) is 0 Å². The highest BCUT2D eigenvalue weighted by Gasteiger charge is 2.43. The molecule has 0 radical (unpaired) electrons.